The molecule has 6 heteroatoms. The molecular formula is C13H16BrCl2N3. The molecule has 104 valence electrons. The summed E-state index contributed by atoms with van der Waals surface area (Å²) in [6.45, 7) is 3.78. The fraction of sp³-hybridized carbons (Fsp3) is 0.462. The van der Waals surface area contributed by atoms with Crippen LogP contribution in [-0.2, 0) is 6.42 Å². The zero-order valence-corrected chi connectivity index (χ0v) is 13.8. The quantitative estimate of drug-likeness (QED) is 0.773. The summed E-state index contributed by atoms with van der Waals surface area (Å²) in [5, 5.41) is 7.74. The van der Waals surface area contributed by atoms with E-state index in [1.807, 2.05) is 6.07 Å². The average Bonchev–Trinajstić information content (AvgIpc) is 2.90. The number of nitrogens with one attached hydrogen (secondary N) is 2. The first-order valence-corrected chi connectivity index (χ1v) is 7.90. The number of anilines is 1. The molecule has 0 fully saturated rings. The Bertz CT molecular complexity index is 503. The summed E-state index contributed by atoms with van der Waals surface area (Å²) >= 11 is 16.2. The van der Waals surface area contributed by atoms with E-state index in [4.69, 9.17) is 23.2 Å². The third-order valence-corrected chi connectivity index (χ3v) is 4.73. The van der Waals surface area contributed by atoms with E-state index in [-0.39, 0.29) is 0 Å². The van der Waals surface area contributed by atoms with Gasteiger partial charge in [-0.1, -0.05) is 36.5 Å². The summed E-state index contributed by atoms with van der Waals surface area (Å²) in [5.74, 6) is 0.742. The van der Waals surface area contributed by atoms with Gasteiger partial charge in [0.25, 0.3) is 0 Å². The maximum atomic E-state index is 6.47. The van der Waals surface area contributed by atoms with Gasteiger partial charge in [0.2, 0.25) is 0 Å². The van der Waals surface area contributed by atoms with Crippen LogP contribution in [0.15, 0.2) is 15.5 Å². The van der Waals surface area contributed by atoms with Gasteiger partial charge in [0.1, 0.15) is 0 Å². The number of hydrogen-bond acceptors (Lipinski definition) is 3. The Morgan fingerprint density at radius 1 is 1.47 bits per heavy atom. The third kappa shape index (κ3) is 3.56. The van der Waals surface area contributed by atoms with Crippen LogP contribution in [-0.4, -0.2) is 19.0 Å². The van der Waals surface area contributed by atoms with Crippen molar-refractivity contribution in [2.24, 2.45) is 4.99 Å². The highest BCUT2D eigenvalue weighted by molar-refractivity contribution is 9.10. The normalized spacial score (nSPS) is 14.2. The van der Waals surface area contributed by atoms with Crippen molar-refractivity contribution in [2.45, 2.75) is 26.2 Å². The Labute approximate surface area is 131 Å². The van der Waals surface area contributed by atoms with Crippen molar-refractivity contribution in [3.05, 3.63) is 26.1 Å². The number of hydrogen-bond donors (Lipinski definition) is 2. The molecule has 0 saturated heterocycles. The van der Waals surface area contributed by atoms with E-state index >= 15 is 0 Å². The minimum atomic E-state index is 0.664. The van der Waals surface area contributed by atoms with E-state index in [0.29, 0.717) is 10.0 Å². The van der Waals surface area contributed by atoms with Gasteiger partial charge in [0.05, 0.1) is 26.8 Å². The first-order valence-electron chi connectivity index (χ1n) is 6.35. The van der Waals surface area contributed by atoms with Gasteiger partial charge in [-0.25, -0.2) is 0 Å². The van der Waals surface area contributed by atoms with Crippen molar-refractivity contribution in [1.82, 2.24) is 5.32 Å². The molecule has 3 nitrogen and oxygen atoms in total. The molecule has 1 aliphatic rings. The minimum Gasteiger partial charge on any atom is -0.354 e. The summed E-state index contributed by atoms with van der Waals surface area (Å²) in [6, 6.07) is 1.93. The second-order valence-corrected chi connectivity index (χ2v) is 5.98. The van der Waals surface area contributed by atoms with Crippen LogP contribution in [0.1, 0.15) is 25.3 Å². The van der Waals surface area contributed by atoms with Gasteiger partial charge in [0.15, 0.2) is 5.96 Å². The fourth-order valence-electron chi connectivity index (χ4n) is 1.91. The zero-order chi connectivity index (χ0) is 13.8. The fourth-order valence-corrected chi connectivity index (χ4v) is 2.96. The lowest BCUT2D eigenvalue weighted by atomic mass is 10.1. The number of halogens is 3. The van der Waals surface area contributed by atoms with E-state index in [1.54, 1.807) is 0 Å². The second kappa shape index (κ2) is 6.82. The van der Waals surface area contributed by atoms with Crippen LogP contribution in [0.25, 0.3) is 0 Å². The molecule has 1 aromatic rings. The molecule has 0 radical (unpaired) electrons. The molecule has 2 rings (SSSR count). The summed E-state index contributed by atoms with van der Waals surface area (Å²) < 4.78 is 0.774. The number of guanidine groups is 1. The Hall–Kier alpha value is -0.450. The summed E-state index contributed by atoms with van der Waals surface area (Å²) in [6.07, 6.45) is 3.15. The van der Waals surface area contributed by atoms with E-state index < -0.39 is 0 Å². The van der Waals surface area contributed by atoms with Gasteiger partial charge in [-0.2, -0.15) is 0 Å². The largest absolute Gasteiger partial charge is 0.354 e. The second-order valence-electron chi connectivity index (χ2n) is 4.41. The maximum Gasteiger partial charge on any atom is 0.195 e. The molecule has 2 N–H and O–H groups in total. The summed E-state index contributed by atoms with van der Waals surface area (Å²) in [4.78, 5) is 4.31. The van der Waals surface area contributed by atoms with Gasteiger partial charge < -0.3 is 10.6 Å². The Kier molecular flexibility index (Phi) is 5.37. The van der Waals surface area contributed by atoms with Crippen LogP contribution in [0.3, 0.4) is 0 Å². The van der Waals surface area contributed by atoms with Gasteiger partial charge >= 0.3 is 0 Å². The van der Waals surface area contributed by atoms with Gasteiger partial charge in [-0.15, -0.1) is 0 Å². The number of aliphatic imine (C=N–C) groups is 1. The molecule has 0 bridgehead atoms. The first-order chi connectivity index (χ1) is 9.13. The zero-order valence-electron chi connectivity index (χ0n) is 10.7. The molecule has 19 heavy (non-hydrogen) atoms. The highest BCUT2D eigenvalue weighted by Gasteiger charge is 2.16. The molecule has 0 unspecified atom stereocenters. The van der Waals surface area contributed by atoms with Crippen LogP contribution in [0.4, 0.5) is 5.69 Å². The predicted molar refractivity (Wildman–Crippen MR) is 86.7 cm³/mol. The van der Waals surface area contributed by atoms with Crippen LogP contribution in [0.5, 0.6) is 0 Å². The van der Waals surface area contributed by atoms with Crippen LogP contribution in [0.2, 0.25) is 10.0 Å². The van der Waals surface area contributed by atoms with Crippen LogP contribution < -0.4 is 10.6 Å². The van der Waals surface area contributed by atoms with E-state index in [9.17, 15) is 0 Å². The van der Waals surface area contributed by atoms with Crippen molar-refractivity contribution in [1.29, 1.82) is 0 Å². The third-order valence-electron chi connectivity index (χ3n) is 2.95. The monoisotopic (exact) mass is 363 g/mol. The first kappa shape index (κ1) is 14.9. The van der Waals surface area contributed by atoms with E-state index in [0.717, 1.165) is 54.0 Å². The summed E-state index contributed by atoms with van der Waals surface area (Å²) in [5.41, 5.74) is 1.85. The molecule has 1 aliphatic heterocycles. The lowest BCUT2D eigenvalue weighted by molar-refractivity contribution is 0.795. The van der Waals surface area contributed by atoms with Crippen molar-refractivity contribution in [3.8, 4) is 0 Å². The van der Waals surface area contributed by atoms with E-state index in [1.165, 1.54) is 0 Å². The number of benzene rings is 1. The number of rotatable bonds is 4. The molecule has 0 saturated carbocycles. The lowest BCUT2D eigenvalue weighted by Crippen LogP contribution is -2.26. The number of aryl methyl sites for hydroxylation is 1. The number of nitrogens with zero attached hydrogens (tertiary/aromatic N) is 1. The van der Waals surface area contributed by atoms with Crippen molar-refractivity contribution in [2.75, 3.05) is 18.4 Å². The molecule has 0 aliphatic carbocycles. The Balaban J connectivity index is 2.31. The van der Waals surface area contributed by atoms with Gasteiger partial charge in [-0.05, 0) is 40.4 Å². The SMILES string of the molecule is CCCCc1cc(Cl)c(Br)c(NC2=NCCN2)c1Cl. The van der Waals surface area contributed by atoms with Crippen LogP contribution in [0, 0.1) is 0 Å². The molecule has 1 aromatic carbocycles. The maximum absolute atomic E-state index is 6.47. The van der Waals surface area contributed by atoms with Crippen molar-refractivity contribution < 1.29 is 0 Å². The van der Waals surface area contributed by atoms with Crippen molar-refractivity contribution in [3.63, 3.8) is 0 Å². The standard InChI is InChI=1S/C13H16BrCl2N3/c1-2-3-4-8-7-9(15)10(14)12(11(8)16)19-13-17-5-6-18-13/h7H,2-6H2,1H3,(H2,17,18,19). The molecule has 1 heterocycles. The Morgan fingerprint density at radius 2 is 2.26 bits per heavy atom. The highest BCUT2D eigenvalue weighted by Crippen LogP contribution is 2.39. The predicted octanol–water partition coefficient (Wildman–Crippen LogP) is 4.47. The van der Waals surface area contributed by atoms with Crippen molar-refractivity contribution >= 4 is 50.8 Å². The average molecular weight is 365 g/mol. The Morgan fingerprint density at radius 3 is 2.89 bits per heavy atom. The molecule has 0 spiro atoms. The van der Waals surface area contributed by atoms with Crippen LogP contribution >= 0.6 is 39.1 Å². The summed E-state index contributed by atoms with van der Waals surface area (Å²) in [7, 11) is 0. The van der Waals surface area contributed by atoms with Gasteiger partial charge in [0, 0.05) is 6.54 Å². The molecular weight excluding hydrogens is 349 g/mol. The number of unbranched alkanes of at least 4 members (excludes halogenated alkanes) is 1. The smallest absolute Gasteiger partial charge is 0.195 e. The molecule has 0 aromatic heterocycles. The molecule has 0 amide bonds. The van der Waals surface area contributed by atoms with E-state index in [2.05, 4.69) is 38.5 Å². The highest BCUT2D eigenvalue weighted by atomic mass is 79.9. The minimum absolute atomic E-state index is 0.664. The topological polar surface area (TPSA) is 36.4 Å². The lowest BCUT2D eigenvalue weighted by Gasteiger charge is -2.15. The molecule has 0 atom stereocenters. The van der Waals surface area contributed by atoms with Gasteiger partial charge in [-0.3, -0.25) is 4.99 Å².